The summed E-state index contributed by atoms with van der Waals surface area (Å²) >= 11 is 0. The van der Waals surface area contributed by atoms with Crippen LogP contribution in [-0.2, 0) is 0 Å². The first kappa shape index (κ1) is 15.5. The third-order valence-electron chi connectivity index (χ3n) is 2.50. The molecule has 0 saturated carbocycles. The highest BCUT2D eigenvalue weighted by atomic mass is 16.4. The molecule has 2 amide bonds. The molecule has 7 nitrogen and oxygen atoms in total. The molecule has 7 heteroatoms. The van der Waals surface area contributed by atoms with Gasteiger partial charge in [0.05, 0.1) is 11.1 Å². The molecule has 1 aromatic rings. The van der Waals surface area contributed by atoms with E-state index < -0.39 is 18.0 Å². The Morgan fingerprint density at radius 1 is 1.05 bits per heavy atom. The maximum atomic E-state index is 11.5. The minimum atomic E-state index is -1.26. The lowest BCUT2D eigenvalue weighted by molar-refractivity contribution is 0.0696. The predicted molar refractivity (Wildman–Crippen MR) is 72.3 cm³/mol. The van der Waals surface area contributed by atoms with Gasteiger partial charge in [0.25, 0.3) is 0 Å². The number of anilines is 1. The number of aromatic carboxylic acids is 2. The molecule has 1 rings (SSSR count). The Labute approximate surface area is 115 Å². The fourth-order valence-corrected chi connectivity index (χ4v) is 1.50. The quantitative estimate of drug-likeness (QED) is 0.595. The summed E-state index contributed by atoms with van der Waals surface area (Å²) in [5, 5.41) is 22.8. The van der Waals surface area contributed by atoms with Crippen LogP contribution in [0.4, 0.5) is 10.5 Å². The van der Waals surface area contributed by atoms with Crippen molar-refractivity contribution in [3.8, 4) is 0 Å². The molecular weight excluding hydrogens is 264 g/mol. The highest BCUT2D eigenvalue weighted by molar-refractivity contribution is 5.98. The Balaban J connectivity index is 2.86. The molecule has 0 unspecified atom stereocenters. The maximum absolute atomic E-state index is 11.5. The van der Waals surface area contributed by atoms with Crippen molar-refractivity contribution in [2.24, 2.45) is 0 Å². The standard InChI is InChI=1S/C13H16N2O5/c1-2-3-4-14-13(20)15-10-6-8(11(16)17)5-9(7-10)12(18)19/h5-7H,2-4H2,1H3,(H,16,17)(H,18,19)(H2,14,15,20). The Morgan fingerprint density at radius 3 is 2.05 bits per heavy atom. The number of urea groups is 1. The van der Waals surface area contributed by atoms with Gasteiger partial charge in [0.15, 0.2) is 0 Å². The Bertz CT molecular complexity index is 495. The molecule has 0 heterocycles. The number of hydrogen-bond donors (Lipinski definition) is 4. The summed E-state index contributed by atoms with van der Waals surface area (Å²) in [7, 11) is 0. The van der Waals surface area contributed by atoms with Crippen molar-refractivity contribution < 1.29 is 24.6 Å². The van der Waals surface area contributed by atoms with Crippen molar-refractivity contribution >= 4 is 23.7 Å². The van der Waals surface area contributed by atoms with Gasteiger partial charge in [0.2, 0.25) is 0 Å². The first-order valence-corrected chi connectivity index (χ1v) is 6.10. The lowest BCUT2D eigenvalue weighted by atomic mass is 10.1. The summed E-state index contributed by atoms with van der Waals surface area (Å²) in [6, 6.07) is 2.94. The van der Waals surface area contributed by atoms with Gasteiger partial charge in [-0.1, -0.05) is 13.3 Å². The molecule has 1 aromatic carbocycles. The second-order valence-corrected chi connectivity index (χ2v) is 4.14. The molecule has 0 aliphatic heterocycles. The van der Waals surface area contributed by atoms with Crippen LogP contribution in [0.2, 0.25) is 0 Å². The number of amides is 2. The second-order valence-electron chi connectivity index (χ2n) is 4.14. The van der Waals surface area contributed by atoms with E-state index in [9.17, 15) is 14.4 Å². The van der Waals surface area contributed by atoms with Crippen LogP contribution in [0.25, 0.3) is 0 Å². The van der Waals surface area contributed by atoms with Gasteiger partial charge in [-0.3, -0.25) is 0 Å². The number of carboxylic acid groups (broad SMARTS) is 2. The predicted octanol–water partition coefficient (Wildman–Crippen LogP) is 2.00. The minimum absolute atomic E-state index is 0.122. The fourth-order valence-electron chi connectivity index (χ4n) is 1.50. The van der Waals surface area contributed by atoms with E-state index in [1.54, 1.807) is 0 Å². The van der Waals surface area contributed by atoms with Gasteiger partial charge in [-0.05, 0) is 24.6 Å². The van der Waals surface area contributed by atoms with Crippen LogP contribution in [0.3, 0.4) is 0 Å². The van der Waals surface area contributed by atoms with E-state index >= 15 is 0 Å². The summed E-state index contributed by atoms with van der Waals surface area (Å²) in [5.41, 5.74) is -0.279. The van der Waals surface area contributed by atoms with Crippen LogP contribution >= 0.6 is 0 Å². The number of benzene rings is 1. The van der Waals surface area contributed by atoms with E-state index in [1.165, 1.54) is 12.1 Å². The van der Waals surface area contributed by atoms with Crippen LogP contribution in [0, 0.1) is 0 Å². The fraction of sp³-hybridized carbons (Fsp3) is 0.308. The third-order valence-corrected chi connectivity index (χ3v) is 2.50. The molecule has 0 atom stereocenters. The zero-order chi connectivity index (χ0) is 15.1. The number of carbonyl (C=O) groups is 3. The lowest BCUT2D eigenvalue weighted by Gasteiger charge is -2.09. The van der Waals surface area contributed by atoms with Crippen molar-refractivity contribution in [1.82, 2.24) is 5.32 Å². The molecule has 20 heavy (non-hydrogen) atoms. The first-order chi connectivity index (χ1) is 9.43. The molecule has 0 aliphatic rings. The van der Waals surface area contributed by atoms with Crippen LogP contribution < -0.4 is 10.6 Å². The molecular formula is C13H16N2O5. The van der Waals surface area contributed by atoms with E-state index in [0.29, 0.717) is 6.54 Å². The maximum Gasteiger partial charge on any atom is 0.335 e. The van der Waals surface area contributed by atoms with Gasteiger partial charge >= 0.3 is 18.0 Å². The molecule has 0 bridgehead atoms. The number of hydrogen-bond acceptors (Lipinski definition) is 3. The number of carboxylic acids is 2. The topological polar surface area (TPSA) is 116 Å². The van der Waals surface area contributed by atoms with Crippen molar-refractivity contribution in [2.45, 2.75) is 19.8 Å². The first-order valence-electron chi connectivity index (χ1n) is 6.10. The number of carbonyl (C=O) groups excluding carboxylic acids is 1. The SMILES string of the molecule is CCCCNC(=O)Nc1cc(C(=O)O)cc(C(=O)O)c1. The number of rotatable bonds is 6. The molecule has 0 aliphatic carbocycles. The normalized spacial score (nSPS) is 9.85. The highest BCUT2D eigenvalue weighted by Gasteiger charge is 2.12. The average molecular weight is 280 g/mol. The van der Waals surface area contributed by atoms with Crippen LogP contribution in [-0.4, -0.2) is 34.7 Å². The van der Waals surface area contributed by atoms with Gasteiger partial charge < -0.3 is 20.8 Å². The Kier molecular flexibility index (Phi) is 5.52. The van der Waals surface area contributed by atoms with E-state index in [4.69, 9.17) is 10.2 Å². The van der Waals surface area contributed by atoms with Crippen molar-refractivity contribution in [1.29, 1.82) is 0 Å². The van der Waals surface area contributed by atoms with Crippen LogP contribution in [0.5, 0.6) is 0 Å². The molecule has 108 valence electrons. The van der Waals surface area contributed by atoms with Crippen molar-refractivity contribution in [3.05, 3.63) is 29.3 Å². The van der Waals surface area contributed by atoms with E-state index in [0.717, 1.165) is 18.9 Å². The van der Waals surface area contributed by atoms with E-state index in [2.05, 4.69) is 10.6 Å². The number of nitrogens with one attached hydrogen (secondary N) is 2. The van der Waals surface area contributed by atoms with Gasteiger partial charge in [-0.2, -0.15) is 0 Å². The van der Waals surface area contributed by atoms with Crippen molar-refractivity contribution in [2.75, 3.05) is 11.9 Å². The van der Waals surface area contributed by atoms with E-state index in [-0.39, 0.29) is 16.8 Å². The van der Waals surface area contributed by atoms with Crippen molar-refractivity contribution in [3.63, 3.8) is 0 Å². The third kappa shape index (κ3) is 4.60. The molecule has 0 spiro atoms. The summed E-state index contributed by atoms with van der Waals surface area (Å²) in [5.74, 6) is -2.52. The smallest absolute Gasteiger partial charge is 0.335 e. The molecule has 0 fully saturated rings. The van der Waals surface area contributed by atoms with Gasteiger partial charge in [-0.25, -0.2) is 14.4 Å². The minimum Gasteiger partial charge on any atom is -0.478 e. The summed E-state index contributed by atoms with van der Waals surface area (Å²) in [6.07, 6.45) is 1.75. The van der Waals surface area contributed by atoms with Gasteiger partial charge in [0.1, 0.15) is 0 Å². The summed E-state index contributed by atoms with van der Waals surface area (Å²) in [6.45, 7) is 2.47. The monoisotopic (exact) mass is 280 g/mol. The molecule has 0 radical (unpaired) electrons. The van der Waals surface area contributed by atoms with Gasteiger partial charge in [-0.15, -0.1) is 0 Å². The summed E-state index contributed by atoms with van der Waals surface area (Å²) in [4.78, 5) is 33.3. The average Bonchev–Trinajstić information content (AvgIpc) is 2.38. The van der Waals surface area contributed by atoms with Gasteiger partial charge in [0, 0.05) is 12.2 Å². The highest BCUT2D eigenvalue weighted by Crippen LogP contribution is 2.15. The van der Waals surface area contributed by atoms with Crippen LogP contribution in [0.1, 0.15) is 40.5 Å². The largest absolute Gasteiger partial charge is 0.478 e. The zero-order valence-electron chi connectivity index (χ0n) is 11.0. The lowest BCUT2D eigenvalue weighted by Crippen LogP contribution is -2.29. The molecule has 0 aromatic heterocycles. The number of unbranched alkanes of at least 4 members (excludes halogenated alkanes) is 1. The van der Waals surface area contributed by atoms with Crippen LogP contribution in [0.15, 0.2) is 18.2 Å². The zero-order valence-corrected chi connectivity index (χ0v) is 11.0. The second kappa shape index (κ2) is 7.13. The Hall–Kier alpha value is -2.57. The van der Waals surface area contributed by atoms with E-state index in [1.807, 2.05) is 6.92 Å². The summed E-state index contributed by atoms with van der Waals surface area (Å²) < 4.78 is 0. The molecule has 4 N–H and O–H groups in total. The molecule has 0 saturated heterocycles. The Morgan fingerprint density at radius 2 is 1.60 bits per heavy atom.